The first-order valence-corrected chi connectivity index (χ1v) is 8.38. The van der Waals surface area contributed by atoms with Gasteiger partial charge in [-0.15, -0.1) is 0 Å². The molecule has 0 bridgehead atoms. The summed E-state index contributed by atoms with van der Waals surface area (Å²) in [6.07, 6.45) is -0.851. The molecule has 1 amide bonds. The molecule has 0 aromatic carbocycles. The van der Waals surface area contributed by atoms with Crippen molar-refractivity contribution in [2.24, 2.45) is 0 Å². The van der Waals surface area contributed by atoms with E-state index in [9.17, 15) is 19.7 Å². The molecule has 1 aliphatic rings. The number of esters is 1. The molecule has 148 valence electrons. The second kappa shape index (κ2) is 9.78. The molecule has 2 rings (SSSR count). The van der Waals surface area contributed by atoms with Crippen molar-refractivity contribution >= 4 is 23.5 Å². The highest BCUT2D eigenvalue weighted by Crippen LogP contribution is 2.33. The number of hydrogen-bond donors (Lipinski definition) is 0. The van der Waals surface area contributed by atoms with Crippen molar-refractivity contribution in [1.82, 2.24) is 4.98 Å². The average molecular weight is 383 g/mol. The molecule has 1 aromatic heterocycles. The molecular weight excluding hydrogens is 362 g/mol. The second-order valence-corrected chi connectivity index (χ2v) is 5.46. The Kier molecular flexibility index (Phi) is 7.44. The third-order valence-corrected chi connectivity index (χ3v) is 3.54. The van der Waals surface area contributed by atoms with Crippen LogP contribution in [0.3, 0.4) is 0 Å². The summed E-state index contributed by atoms with van der Waals surface area (Å²) in [5, 5.41) is 10.9. The summed E-state index contributed by atoms with van der Waals surface area (Å²) in [7, 11) is 0. The van der Waals surface area contributed by atoms with Gasteiger partial charge in [0.1, 0.15) is 13.2 Å². The molecule has 1 aliphatic heterocycles. The lowest BCUT2D eigenvalue weighted by Crippen LogP contribution is -2.47. The number of anilines is 1. The predicted octanol–water partition coefficient (Wildman–Crippen LogP) is 0.700. The number of ether oxygens (including phenoxy) is 4. The highest BCUT2D eigenvalue weighted by atomic mass is 16.6. The van der Waals surface area contributed by atoms with Crippen LogP contribution in [-0.2, 0) is 23.8 Å². The average Bonchev–Trinajstić information content (AvgIpc) is 2.64. The van der Waals surface area contributed by atoms with Crippen molar-refractivity contribution in [1.29, 1.82) is 0 Å². The first kappa shape index (κ1) is 20.5. The van der Waals surface area contributed by atoms with E-state index in [4.69, 9.17) is 18.9 Å². The van der Waals surface area contributed by atoms with Crippen LogP contribution in [0.15, 0.2) is 12.1 Å². The van der Waals surface area contributed by atoms with Gasteiger partial charge in [-0.2, -0.15) is 0 Å². The van der Waals surface area contributed by atoms with E-state index in [1.54, 1.807) is 0 Å². The van der Waals surface area contributed by atoms with E-state index < -0.39 is 35.3 Å². The molecule has 0 aliphatic carbocycles. The van der Waals surface area contributed by atoms with Crippen LogP contribution in [0.5, 0.6) is 5.75 Å². The zero-order valence-corrected chi connectivity index (χ0v) is 15.1. The second-order valence-electron chi connectivity index (χ2n) is 5.46. The minimum atomic E-state index is -0.851. The smallest absolute Gasteiger partial charge is 0.366 e. The van der Waals surface area contributed by atoms with E-state index in [0.717, 1.165) is 11.0 Å². The first-order chi connectivity index (χ1) is 12.9. The number of aromatic nitrogens is 1. The van der Waals surface area contributed by atoms with Crippen molar-refractivity contribution in [2.75, 3.05) is 44.5 Å². The van der Waals surface area contributed by atoms with Gasteiger partial charge in [-0.3, -0.25) is 14.5 Å². The number of carbonyl (C=O) groups excluding carboxylic acids is 2. The molecular formula is C16H21N3O8. The summed E-state index contributed by atoms with van der Waals surface area (Å²) < 4.78 is 20.7. The van der Waals surface area contributed by atoms with Crippen LogP contribution in [0.1, 0.15) is 13.8 Å². The molecule has 0 N–H and O–H groups in total. The lowest BCUT2D eigenvalue weighted by Gasteiger charge is -2.28. The standard InChI is InChI=1S/C16H21N3O8/c1-3-24-6-7-25-8-9-26-14(20)10-18-15-12(27-11(2)16(18)21)4-5-13(17-15)19(22)23/h4-5,11H,3,6-10H2,1-2H3. The van der Waals surface area contributed by atoms with Crippen molar-refractivity contribution in [3.05, 3.63) is 22.2 Å². The van der Waals surface area contributed by atoms with Crippen LogP contribution < -0.4 is 9.64 Å². The van der Waals surface area contributed by atoms with E-state index in [-0.39, 0.29) is 24.8 Å². The molecule has 27 heavy (non-hydrogen) atoms. The van der Waals surface area contributed by atoms with Crippen molar-refractivity contribution in [3.63, 3.8) is 0 Å². The Labute approximate surface area is 155 Å². The fraction of sp³-hybridized carbons (Fsp3) is 0.562. The van der Waals surface area contributed by atoms with Crippen LogP contribution in [0.2, 0.25) is 0 Å². The van der Waals surface area contributed by atoms with Crippen LogP contribution in [0.25, 0.3) is 0 Å². The fourth-order valence-corrected chi connectivity index (χ4v) is 2.28. The zero-order chi connectivity index (χ0) is 19.8. The van der Waals surface area contributed by atoms with Gasteiger partial charge in [-0.25, -0.2) is 0 Å². The summed E-state index contributed by atoms with van der Waals surface area (Å²) in [6, 6.07) is 2.51. The zero-order valence-electron chi connectivity index (χ0n) is 15.1. The van der Waals surface area contributed by atoms with Gasteiger partial charge in [0.05, 0.1) is 19.8 Å². The third kappa shape index (κ3) is 5.59. The van der Waals surface area contributed by atoms with Crippen molar-refractivity contribution < 1.29 is 33.5 Å². The number of nitro groups is 1. The Balaban J connectivity index is 1.94. The number of nitrogens with zero attached hydrogens (tertiary/aromatic N) is 3. The predicted molar refractivity (Wildman–Crippen MR) is 91.6 cm³/mol. The maximum Gasteiger partial charge on any atom is 0.366 e. The molecule has 2 heterocycles. The largest absolute Gasteiger partial charge is 0.475 e. The number of rotatable bonds is 10. The number of carbonyl (C=O) groups is 2. The number of fused-ring (bicyclic) bond motifs is 1. The molecule has 0 fully saturated rings. The summed E-state index contributed by atoms with van der Waals surface area (Å²) >= 11 is 0. The normalized spacial score (nSPS) is 15.9. The Morgan fingerprint density at radius 3 is 2.70 bits per heavy atom. The van der Waals surface area contributed by atoms with E-state index in [1.807, 2.05) is 6.92 Å². The Bertz CT molecular complexity index is 696. The molecule has 1 atom stereocenters. The van der Waals surface area contributed by atoms with Gasteiger partial charge in [0.15, 0.2) is 11.9 Å². The van der Waals surface area contributed by atoms with E-state index in [0.29, 0.717) is 19.8 Å². The monoisotopic (exact) mass is 383 g/mol. The van der Waals surface area contributed by atoms with Gasteiger partial charge in [0.25, 0.3) is 11.7 Å². The number of hydrogen-bond acceptors (Lipinski definition) is 9. The van der Waals surface area contributed by atoms with Crippen LogP contribution in [0, 0.1) is 10.1 Å². The highest BCUT2D eigenvalue weighted by Gasteiger charge is 2.38. The number of pyridine rings is 1. The topological polar surface area (TPSA) is 130 Å². The van der Waals surface area contributed by atoms with E-state index >= 15 is 0 Å². The summed E-state index contributed by atoms with van der Waals surface area (Å²) in [6.45, 7) is 4.57. The Hall–Kier alpha value is -2.79. The Morgan fingerprint density at radius 2 is 2.00 bits per heavy atom. The third-order valence-electron chi connectivity index (χ3n) is 3.54. The highest BCUT2D eigenvalue weighted by molar-refractivity contribution is 6.02. The minimum Gasteiger partial charge on any atom is -0.475 e. The molecule has 1 unspecified atom stereocenters. The molecule has 1 aromatic rings. The van der Waals surface area contributed by atoms with Crippen LogP contribution in [-0.4, -0.2) is 67.5 Å². The molecule has 11 heteroatoms. The Morgan fingerprint density at radius 1 is 1.30 bits per heavy atom. The van der Waals surface area contributed by atoms with Gasteiger partial charge < -0.3 is 29.1 Å². The first-order valence-electron chi connectivity index (χ1n) is 8.38. The molecule has 0 radical (unpaired) electrons. The SMILES string of the molecule is CCOCCOCCOC(=O)CN1C(=O)C(C)Oc2ccc([N+](=O)[O-])nc21. The van der Waals surface area contributed by atoms with Gasteiger partial charge in [0, 0.05) is 12.7 Å². The summed E-state index contributed by atoms with van der Waals surface area (Å²) in [4.78, 5) is 39.4. The van der Waals surface area contributed by atoms with E-state index in [2.05, 4.69) is 4.98 Å². The fourth-order valence-electron chi connectivity index (χ4n) is 2.28. The van der Waals surface area contributed by atoms with E-state index in [1.165, 1.54) is 13.0 Å². The maximum atomic E-state index is 12.3. The van der Waals surface area contributed by atoms with Crippen molar-refractivity contribution in [2.45, 2.75) is 20.0 Å². The lowest BCUT2D eigenvalue weighted by molar-refractivity contribution is -0.389. The number of amides is 1. The summed E-state index contributed by atoms with van der Waals surface area (Å²) in [5.41, 5.74) is 0. The molecule has 0 saturated heterocycles. The van der Waals surface area contributed by atoms with Gasteiger partial charge >= 0.3 is 11.8 Å². The molecule has 0 saturated carbocycles. The van der Waals surface area contributed by atoms with Gasteiger partial charge in [-0.1, -0.05) is 0 Å². The van der Waals surface area contributed by atoms with Crippen molar-refractivity contribution in [3.8, 4) is 5.75 Å². The minimum absolute atomic E-state index is 0.00820. The quantitative estimate of drug-likeness (QED) is 0.248. The van der Waals surface area contributed by atoms with Gasteiger partial charge in [-0.05, 0) is 29.8 Å². The maximum absolute atomic E-state index is 12.3. The summed E-state index contributed by atoms with van der Waals surface area (Å²) in [5.74, 6) is -1.59. The molecule has 0 spiro atoms. The van der Waals surface area contributed by atoms with Crippen LogP contribution in [0.4, 0.5) is 11.6 Å². The van der Waals surface area contributed by atoms with Crippen LogP contribution >= 0.6 is 0 Å². The lowest BCUT2D eigenvalue weighted by atomic mass is 10.2. The van der Waals surface area contributed by atoms with Gasteiger partial charge in [0.2, 0.25) is 0 Å². The molecule has 11 nitrogen and oxygen atoms in total.